The predicted octanol–water partition coefficient (Wildman–Crippen LogP) is -0.436. The van der Waals surface area contributed by atoms with E-state index in [0.717, 1.165) is 6.42 Å². The number of imide groups is 1. The molecule has 0 aromatic heterocycles. The Morgan fingerprint density at radius 2 is 2.13 bits per heavy atom. The maximum absolute atomic E-state index is 11.5. The summed E-state index contributed by atoms with van der Waals surface area (Å²) >= 11 is 0. The van der Waals surface area contributed by atoms with Gasteiger partial charge >= 0.3 is 0 Å². The van der Waals surface area contributed by atoms with E-state index in [-0.39, 0.29) is 23.6 Å². The van der Waals surface area contributed by atoms with Gasteiger partial charge in [-0.2, -0.15) is 0 Å². The molecule has 1 saturated heterocycles. The number of carbonyl (C=O) groups is 3. The molecule has 5 heteroatoms. The Bertz CT molecular complexity index is 327. The molecule has 1 heterocycles. The third-order valence-corrected chi connectivity index (χ3v) is 3.00. The number of hydrogen-bond donors (Lipinski definition) is 2. The van der Waals surface area contributed by atoms with Crippen LogP contribution in [0.3, 0.4) is 0 Å². The van der Waals surface area contributed by atoms with Crippen LogP contribution >= 0.6 is 0 Å². The predicted molar refractivity (Wildman–Crippen MR) is 51.6 cm³/mol. The standard InChI is InChI=1S/C10H14N2O3/c1-5-4-6(5)9(14)11-7-2-3-8(13)12-10(7)15/h5-7H,2-4H2,1H3,(H,11,14)(H,12,13,15). The van der Waals surface area contributed by atoms with Gasteiger partial charge < -0.3 is 5.32 Å². The second kappa shape index (κ2) is 3.64. The number of piperidine rings is 1. The minimum atomic E-state index is -0.525. The van der Waals surface area contributed by atoms with E-state index in [0.29, 0.717) is 18.8 Å². The minimum absolute atomic E-state index is 0.0583. The van der Waals surface area contributed by atoms with Crippen LogP contribution in [0.25, 0.3) is 0 Å². The van der Waals surface area contributed by atoms with Crippen molar-refractivity contribution < 1.29 is 14.4 Å². The van der Waals surface area contributed by atoms with Crippen LogP contribution in [0, 0.1) is 11.8 Å². The van der Waals surface area contributed by atoms with Gasteiger partial charge in [-0.25, -0.2) is 0 Å². The van der Waals surface area contributed by atoms with Crippen LogP contribution in [0.1, 0.15) is 26.2 Å². The zero-order valence-corrected chi connectivity index (χ0v) is 8.58. The zero-order valence-electron chi connectivity index (χ0n) is 8.58. The summed E-state index contributed by atoms with van der Waals surface area (Å²) in [5, 5.41) is 4.89. The normalized spacial score (nSPS) is 34.6. The average Bonchev–Trinajstić information content (AvgIpc) is 2.88. The van der Waals surface area contributed by atoms with E-state index >= 15 is 0 Å². The Hall–Kier alpha value is -1.39. The molecular formula is C10H14N2O3. The average molecular weight is 210 g/mol. The number of amides is 3. The van der Waals surface area contributed by atoms with Gasteiger partial charge in [0.25, 0.3) is 0 Å². The van der Waals surface area contributed by atoms with Crippen molar-refractivity contribution in [2.45, 2.75) is 32.2 Å². The molecule has 2 N–H and O–H groups in total. The monoisotopic (exact) mass is 210 g/mol. The highest BCUT2D eigenvalue weighted by Crippen LogP contribution is 2.37. The zero-order chi connectivity index (χ0) is 11.0. The summed E-state index contributed by atoms with van der Waals surface area (Å²) in [5.74, 6) is -0.205. The molecule has 3 atom stereocenters. The summed E-state index contributed by atoms with van der Waals surface area (Å²) in [7, 11) is 0. The van der Waals surface area contributed by atoms with Crippen molar-refractivity contribution in [1.29, 1.82) is 0 Å². The van der Waals surface area contributed by atoms with Crippen molar-refractivity contribution in [2.24, 2.45) is 11.8 Å². The topological polar surface area (TPSA) is 75.3 Å². The molecule has 2 rings (SSSR count). The number of nitrogens with one attached hydrogen (secondary N) is 2. The van der Waals surface area contributed by atoms with Gasteiger partial charge in [-0.1, -0.05) is 6.92 Å². The van der Waals surface area contributed by atoms with Crippen LogP contribution in [0.15, 0.2) is 0 Å². The molecule has 3 unspecified atom stereocenters. The summed E-state index contributed by atoms with van der Waals surface area (Å²) < 4.78 is 0. The first kappa shape index (κ1) is 10.1. The number of hydrogen-bond acceptors (Lipinski definition) is 3. The lowest BCUT2D eigenvalue weighted by Crippen LogP contribution is -2.52. The lowest BCUT2D eigenvalue weighted by Gasteiger charge is -2.21. The molecule has 82 valence electrons. The number of carbonyl (C=O) groups excluding carboxylic acids is 3. The van der Waals surface area contributed by atoms with Crippen LogP contribution in [-0.4, -0.2) is 23.8 Å². The van der Waals surface area contributed by atoms with Crippen molar-refractivity contribution in [2.75, 3.05) is 0 Å². The van der Waals surface area contributed by atoms with E-state index in [2.05, 4.69) is 10.6 Å². The van der Waals surface area contributed by atoms with Gasteiger partial charge in [0.2, 0.25) is 17.7 Å². The number of rotatable bonds is 2. The van der Waals surface area contributed by atoms with Crippen LogP contribution in [0.4, 0.5) is 0 Å². The fourth-order valence-corrected chi connectivity index (χ4v) is 1.80. The van der Waals surface area contributed by atoms with Crippen molar-refractivity contribution in [3.63, 3.8) is 0 Å². The SMILES string of the molecule is CC1CC1C(=O)NC1CCC(=O)NC1=O. The minimum Gasteiger partial charge on any atom is -0.344 e. The molecule has 15 heavy (non-hydrogen) atoms. The lowest BCUT2D eigenvalue weighted by molar-refractivity contribution is -0.137. The third-order valence-electron chi connectivity index (χ3n) is 3.00. The maximum Gasteiger partial charge on any atom is 0.249 e. The molecule has 5 nitrogen and oxygen atoms in total. The molecule has 0 spiro atoms. The van der Waals surface area contributed by atoms with E-state index in [1.54, 1.807) is 0 Å². The molecule has 0 aromatic carbocycles. The molecule has 1 saturated carbocycles. The Kier molecular flexibility index (Phi) is 2.46. The van der Waals surface area contributed by atoms with Gasteiger partial charge in [-0.15, -0.1) is 0 Å². The fraction of sp³-hybridized carbons (Fsp3) is 0.700. The molecule has 2 aliphatic rings. The van der Waals surface area contributed by atoms with Crippen LogP contribution in [-0.2, 0) is 14.4 Å². The summed E-state index contributed by atoms with van der Waals surface area (Å²) in [6, 6.07) is -0.525. The van der Waals surface area contributed by atoms with Crippen LogP contribution < -0.4 is 10.6 Å². The van der Waals surface area contributed by atoms with E-state index in [4.69, 9.17) is 0 Å². The molecule has 3 amide bonds. The van der Waals surface area contributed by atoms with Gasteiger partial charge in [0, 0.05) is 12.3 Å². The van der Waals surface area contributed by atoms with Crippen molar-refractivity contribution in [1.82, 2.24) is 10.6 Å². The fourth-order valence-electron chi connectivity index (χ4n) is 1.80. The second-order valence-electron chi connectivity index (χ2n) is 4.33. The first-order chi connectivity index (χ1) is 7.08. The second-order valence-corrected chi connectivity index (χ2v) is 4.33. The van der Waals surface area contributed by atoms with Gasteiger partial charge in [-0.05, 0) is 18.8 Å². The molecule has 0 radical (unpaired) electrons. The van der Waals surface area contributed by atoms with Crippen molar-refractivity contribution >= 4 is 17.7 Å². The molecule has 0 bridgehead atoms. The molecule has 2 fully saturated rings. The van der Waals surface area contributed by atoms with E-state index < -0.39 is 6.04 Å². The first-order valence-electron chi connectivity index (χ1n) is 5.22. The summed E-state index contributed by atoms with van der Waals surface area (Å²) in [4.78, 5) is 33.7. The van der Waals surface area contributed by atoms with E-state index in [1.165, 1.54) is 0 Å². The van der Waals surface area contributed by atoms with Gasteiger partial charge in [-0.3, -0.25) is 19.7 Å². The van der Waals surface area contributed by atoms with Gasteiger partial charge in [0.15, 0.2) is 0 Å². The molecule has 1 aliphatic carbocycles. The first-order valence-corrected chi connectivity index (χ1v) is 5.22. The Labute approximate surface area is 87.6 Å². The Balaban J connectivity index is 1.86. The summed E-state index contributed by atoms with van der Waals surface area (Å²) in [6.45, 7) is 2.01. The highest BCUT2D eigenvalue weighted by molar-refractivity contribution is 6.01. The molecular weight excluding hydrogens is 196 g/mol. The highest BCUT2D eigenvalue weighted by atomic mass is 16.2. The lowest BCUT2D eigenvalue weighted by atomic mass is 10.1. The van der Waals surface area contributed by atoms with Crippen molar-refractivity contribution in [3.8, 4) is 0 Å². The largest absolute Gasteiger partial charge is 0.344 e. The molecule has 1 aliphatic heterocycles. The highest BCUT2D eigenvalue weighted by Gasteiger charge is 2.40. The summed E-state index contributed by atoms with van der Waals surface area (Å²) in [5.41, 5.74) is 0. The quantitative estimate of drug-likeness (QED) is 0.607. The van der Waals surface area contributed by atoms with Gasteiger partial charge in [0.1, 0.15) is 6.04 Å². The molecule has 0 aromatic rings. The third kappa shape index (κ3) is 2.16. The smallest absolute Gasteiger partial charge is 0.249 e. The Morgan fingerprint density at radius 3 is 2.67 bits per heavy atom. The van der Waals surface area contributed by atoms with Crippen molar-refractivity contribution in [3.05, 3.63) is 0 Å². The Morgan fingerprint density at radius 1 is 1.47 bits per heavy atom. The van der Waals surface area contributed by atoms with E-state index in [1.807, 2.05) is 6.92 Å². The van der Waals surface area contributed by atoms with Crippen LogP contribution in [0.2, 0.25) is 0 Å². The van der Waals surface area contributed by atoms with Gasteiger partial charge in [0.05, 0.1) is 0 Å². The maximum atomic E-state index is 11.5. The van der Waals surface area contributed by atoms with Crippen LogP contribution in [0.5, 0.6) is 0 Å². The van der Waals surface area contributed by atoms with E-state index in [9.17, 15) is 14.4 Å². The summed E-state index contributed by atoms with van der Waals surface area (Å²) in [6.07, 6.45) is 1.62.